The molecule has 2 atom stereocenters. The molecule has 92 valence electrons. The lowest BCUT2D eigenvalue weighted by atomic mass is 9.69. The highest BCUT2D eigenvalue weighted by molar-refractivity contribution is 5.31. The first kappa shape index (κ1) is 11.3. The van der Waals surface area contributed by atoms with Gasteiger partial charge in [-0.3, -0.25) is 0 Å². The van der Waals surface area contributed by atoms with Gasteiger partial charge in [-0.05, 0) is 68.2 Å². The molecule has 2 aliphatic carbocycles. The number of hydrogen-bond acceptors (Lipinski definition) is 1. The van der Waals surface area contributed by atoms with Gasteiger partial charge in [0.25, 0.3) is 0 Å². The Labute approximate surface area is 105 Å². The minimum absolute atomic E-state index is 0.822. The molecule has 0 radical (unpaired) electrons. The average molecular weight is 229 g/mol. The summed E-state index contributed by atoms with van der Waals surface area (Å²) in [6.45, 7) is 1.18. The second-order valence-corrected chi connectivity index (χ2v) is 5.80. The summed E-state index contributed by atoms with van der Waals surface area (Å²) in [6.07, 6.45) is 7.04. The third-order valence-corrected chi connectivity index (χ3v) is 4.80. The van der Waals surface area contributed by atoms with Crippen molar-refractivity contribution < 1.29 is 0 Å². The maximum Gasteiger partial charge on any atom is -0.00177 e. The quantitative estimate of drug-likeness (QED) is 0.830. The van der Waals surface area contributed by atoms with Crippen molar-refractivity contribution in [2.45, 2.75) is 43.9 Å². The molecule has 2 unspecified atom stereocenters. The summed E-state index contributed by atoms with van der Waals surface area (Å²) in [6, 6.07) is 9.45. The number of hydrogen-bond donors (Lipinski definition) is 1. The molecular weight excluding hydrogens is 206 g/mol. The summed E-state index contributed by atoms with van der Waals surface area (Å²) in [7, 11) is 2.07. The summed E-state index contributed by atoms with van der Waals surface area (Å²) < 4.78 is 0. The fourth-order valence-corrected chi connectivity index (χ4v) is 3.30. The molecule has 2 fully saturated rings. The highest BCUT2D eigenvalue weighted by atomic mass is 14.8. The largest absolute Gasteiger partial charge is 0.319 e. The molecule has 0 spiro atoms. The van der Waals surface area contributed by atoms with Crippen LogP contribution in [0.25, 0.3) is 0 Å². The van der Waals surface area contributed by atoms with E-state index in [0.717, 1.165) is 17.8 Å². The van der Waals surface area contributed by atoms with Crippen molar-refractivity contribution in [3.63, 3.8) is 0 Å². The predicted molar refractivity (Wildman–Crippen MR) is 72.4 cm³/mol. The number of nitrogens with one attached hydrogen (secondary N) is 1. The molecule has 1 nitrogen and oxygen atoms in total. The van der Waals surface area contributed by atoms with Crippen molar-refractivity contribution in [2.75, 3.05) is 13.6 Å². The van der Waals surface area contributed by atoms with E-state index in [9.17, 15) is 0 Å². The normalized spacial score (nSPS) is 28.5. The van der Waals surface area contributed by atoms with Gasteiger partial charge in [-0.15, -0.1) is 0 Å². The topological polar surface area (TPSA) is 12.0 Å². The van der Waals surface area contributed by atoms with E-state index in [1.165, 1.54) is 38.6 Å². The fourth-order valence-electron chi connectivity index (χ4n) is 3.30. The van der Waals surface area contributed by atoms with Gasteiger partial charge in [0.15, 0.2) is 0 Å². The van der Waals surface area contributed by atoms with Gasteiger partial charge in [0.1, 0.15) is 0 Å². The van der Waals surface area contributed by atoms with E-state index in [-0.39, 0.29) is 0 Å². The van der Waals surface area contributed by atoms with E-state index in [1.807, 2.05) is 0 Å². The third kappa shape index (κ3) is 2.13. The molecule has 0 saturated heterocycles. The Morgan fingerprint density at radius 1 is 1.12 bits per heavy atom. The molecular formula is C16H23N. The number of benzene rings is 1. The van der Waals surface area contributed by atoms with Crippen LogP contribution in [0.5, 0.6) is 0 Å². The lowest BCUT2D eigenvalue weighted by Gasteiger charge is -2.37. The second-order valence-electron chi connectivity index (χ2n) is 5.80. The summed E-state index contributed by atoms with van der Waals surface area (Å²) >= 11 is 0. The second kappa shape index (κ2) is 4.81. The smallest absolute Gasteiger partial charge is 0.00177 e. The maximum absolute atomic E-state index is 3.33. The van der Waals surface area contributed by atoms with Gasteiger partial charge in [0, 0.05) is 0 Å². The molecule has 1 aromatic carbocycles. The average Bonchev–Trinajstić information content (AvgIpc) is 2.22. The highest BCUT2D eigenvalue weighted by Gasteiger charge is 2.31. The van der Waals surface area contributed by atoms with Gasteiger partial charge in [-0.25, -0.2) is 0 Å². The summed E-state index contributed by atoms with van der Waals surface area (Å²) in [5.74, 6) is 2.57. The van der Waals surface area contributed by atoms with Gasteiger partial charge in [-0.1, -0.05) is 30.7 Å². The lowest BCUT2D eigenvalue weighted by molar-refractivity contribution is 0.250. The monoisotopic (exact) mass is 229 g/mol. The van der Waals surface area contributed by atoms with Crippen molar-refractivity contribution >= 4 is 0 Å². The zero-order valence-electron chi connectivity index (χ0n) is 10.8. The van der Waals surface area contributed by atoms with Crippen LogP contribution in [0, 0.1) is 5.92 Å². The van der Waals surface area contributed by atoms with Crippen LogP contribution in [0.15, 0.2) is 24.3 Å². The van der Waals surface area contributed by atoms with Crippen LogP contribution in [-0.4, -0.2) is 13.6 Å². The first-order valence-corrected chi connectivity index (χ1v) is 7.13. The minimum Gasteiger partial charge on any atom is -0.319 e. The summed E-state index contributed by atoms with van der Waals surface area (Å²) in [4.78, 5) is 0. The van der Waals surface area contributed by atoms with Crippen LogP contribution in [0.1, 0.15) is 55.1 Å². The molecule has 0 aliphatic heterocycles. The Morgan fingerprint density at radius 3 is 2.53 bits per heavy atom. The van der Waals surface area contributed by atoms with E-state index in [2.05, 4.69) is 36.6 Å². The summed E-state index contributed by atoms with van der Waals surface area (Å²) in [5.41, 5.74) is 3.20. The van der Waals surface area contributed by atoms with Gasteiger partial charge >= 0.3 is 0 Å². The van der Waals surface area contributed by atoms with Crippen LogP contribution in [0.3, 0.4) is 0 Å². The van der Waals surface area contributed by atoms with Crippen LogP contribution in [-0.2, 0) is 0 Å². The molecule has 3 rings (SSSR count). The Bertz CT molecular complexity index is 381. The van der Waals surface area contributed by atoms with Crippen LogP contribution >= 0.6 is 0 Å². The molecule has 0 bridgehead atoms. The SMILES string of the molecule is CNCC1CCC1c1cccc(C2CCC2)c1. The molecule has 1 aromatic rings. The Hall–Kier alpha value is -0.820. The van der Waals surface area contributed by atoms with E-state index in [0.29, 0.717) is 0 Å². The van der Waals surface area contributed by atoms with Crippen molar-refractivity contribution in [3.8, 4) is 0 Å². The van der Waals surface area contributed by atoms with Crippen molar-refractivity contribution in [2.24, 2.45) is 5.92 Å². The van der Waals surface area contributed by atoms with Crippen LogP contribution in [0.4, 0.5) is 0 Å². The molecule has 0 heterocycles. The van der Waals surface area contributed by atoms with Gasteiger partial charge < -0.3 is 5.32 Å². The van der Waals surface area contributed by atoms with Crippen molar-refractivity contribution in [1.82, 2.24) is 5.32 Å². The van der Waals surface area contributed by atoms with Gasteiger partial charge in [0.05, 0.1) is 0 Å². The molecule has 17 heavy (non-hydrogen) atoms. The molecule has 2 saturated carbocycles. The van der Waals surface area contributed by atoms with Crippen molar-refractivity contribution in [3.05, 3.63) is 35.4 Å². The van der Waals surface area contributed by atoms with E-state index >= 15 is 0 Å². The zero-order chi connectivity index (χ0) is 11.7. The summed E-state index contributed by atoms with van der Waals surface area (Å²) in [5, 5.41) is 3.33. The van der Waals surface area contributed by atoms with Gasteiger partial charge in [-0.2, -0.15) is 0 Å². The fraction of sp³-hybridized carbons (Fsp3) is 0.625. The zero-order valence-corrected chi connectivity index (χ0v) is 10.8. The van der Waals surface area contributed by atoms with Crippen LogP contribution < -0.4 is 5.32 Å². The van der Waals surface area contributed by atoms with Gasteiger partial charge in [0.2, 0.25) is 0 Å². The molecule has 1 heteroatoms. The Kier molecular flexibility index (Phi) is 3.19. The lowest BCUT2D eigenvalue weighted by Crippen LogP contribution is -2.32. The predicted octanol–water partition coefficient (Wildman–Crippen LogP) is 3.67. The molecule has 1 N–H and O–H groups in total. The molecule has 0 amide bonds. The number of rotatable bonds is 4. The highest BCUT2D eigenvalue weighted by Crippen LogP contribution is 2.44. The van der Waals surface area contributed by atoms with E-state index in [4.69, 9.17) is 0 Å². The Morgan fingerprint density at radius 2 is 1.94 bits per heavy atom. The standard InChI is InChI=1S/C16H23N/c1-17-11-15-8-9-16(15)14-7-3-6-13(10-14)12-4-2-5-12/h3,6-7,10,12,15-17H,2,4-5,8-9,11H2,1H3. The van der Waals surface area contributed by atoms with E-state index < -0.39 is 0 Å². The van der Waals surface area contributed by atoms with Crippen molar-refractivity contribution in [1.29, 1.82) is 0 Å². The third-order valence-electron chi connectivity index (χ3n) is 4.80. The minimum atomic E-state index is 0.822. The first-order valence-electron chi connectivity index (χ1n) is 7.13. The first-order chi connectivity index (χ1) is 8.38. The van der Waals surface area contributed by atoms with Crippen LogP contribution in [0.2, 0.25) is 0 Å². The Balaban J connectivity index is 1.74. The molecule has 2 aliphatic rings. The molecule has 0 aromatic heterocycles. The van der Waals surface area contributed by atoms with E-state index in [1.54, 1.807) is 11.1 Å². The maximum atomic E-state index is 3.33.